The fraction of sp³-hybridized carbons (Fsp3) is 0.929. The molecule has 1 atom stereocenters. The normalized spacial score (nSPS) is 19.7. The van der Waals surface area contributed by atoms with E-state index >= 15 is 0 Å². The van der Waals surface area contributed by atoms with E-state index in [1.807, 2.05) is 16.7 Å². The van der Waals surface area contributed by atoms with Crippen molar-refractivity contribution in [2.24, 2.45) is 11.1 Å². The topological polar surface area (TPSA) is 55.6 Å². The minimum Gasteiger partial charge on any atom is -0.383 e. The van der Waals surface area contributed by atoms with Gasteiger partial charge in [-0.05, 0) is 25.0 Å². The van der Waals surface area contributed by atoms with Crippen molar-refractivity contribution < 1.29 is 9.53 Å². The van der Waals surface area contributed by atoms with Crippen molar-refractivity contribution in [1.29, 1.82) is 0 Å². The zero-order valence-electron chi connectivity index (χ0n) is 12.5. The molecule has 0 aromatic carbocycles. The summed E-state index contributed by atoms with van der Waals surface area (Å²) >= 11 is 1.93. The molecular formula is C14H28N2O2S. The lowest BCUT2D eigenvalue weighted by molar-refractivity contribution is -0.145. The molecule has 112 valence electrons. The van der Waals surface area contributed by atoms with E-state index < -0.39 is 0 Å². The van der Waals surface area contributed by atoms with Crippen molar-refractivity contribution in [3.8, 4) is 0 Å². The number of carbonyl (C=O) groups excluding carboxylic acids is 1. The third-order valence-electron chi connectivity index (χ3n) is 4.34. The number of hydrogen-bond donors (Lipinski definition) is 1. The summed E-state index contributed by atoms with van der Waals surface area (Å²) in [5, 5.41) is 0. The van der Waals surface area contributed by atoms with Crippen LogP contribution in [-0.4, -0.2) is 55.2 Å². The molecule has 1 aliphatic heterocycles. The lowest BCUT2D eigenvalue weighted by Gasteiger charge is -2.38. The average Bonchev–Trinajstić information content (AvgIpc) is 2.96. The Kier molecular flexibility index (Phi) is 7.18. The van der Waals surface area contributed by atoms with E-state index in [9.17, 15) is 4.79 Å². The summed E-state index contributed by atoms with van der Waals surface area (Å²) in [6.07, 6.45) is 2.71. The van der Waals surface area contributed by atoms with Gasteiger partial charge >= 0.3 is 0 Å². The summed E-state index contributed by atoms with van der Waals surface area (Å²) in [6.45, 7) is 5.84. The first-order valence-corrected chi connectivity index (χ1v) is 8.38. The molecule has 2 N–H and O–H groups in total. The average molecular weight is 288 g/mol. The molecule has 0 bridgehead atoms. The lowest BCUT2D eigenvalue weighted by Crippen LogP contribution is -2.52. The van der Waals surface area contributed by atoms with Crippen LogP contribution in [0.15, 0.2) is 0 Å². The molecule has 0 radical (unpaired) electrons. The molecule has 5 heteroatoms. The van der Waals surface area contributed by atoms with Gasteiger partial charge < -0.3 is 15.4 Å². The van der Waals surface area contributed by atoms with Gasteiger partial charge in [-0.25, -0.2) is 0 Å². The first-order chi connectivity index (χ1) is 9.15. The van der Waals surface area contributed by atoms with Gasteiger partial charge in [-0.2, -0.15) is 11.8 Å². The molecule has 1 amide bonds. The third-order valence-corrected chi connectivity index (χ3v) is 5.49. The predicted octanol–water partition coefficient (Wildman–Crippen LogP) is 1.73. The molecule has 0 aliphatic carbocycles. The second-order valence-corrected chi connectivity index (χ2v) is 6.35. The number of hydrogen-bond acceptors (Lipinski definition) is 4. The second-order valence-electron chi connectivity index (χ2n) is 5.20. The zero-order valence-corrected chi connectivity index (χ0v) is 13.3. The van der Waals surface area contributed by atoms with Crippen molar-refractivity contribution in [3.05, 3.63) is 0 Å². The molecule has 0 saturated carbocycles. The molecular weight excluding hydrogens is 260 g/mol. The Hall–Kier alpha value is -0.260. The summed E-state index contributed by atoms with van der Waals surface area (Å²) in [4.78, 5) is 15.0. The summed E-state index contributed by atoms with van der Waals surface area (Å²) in [6, 6.07) is 0.358. The van der Waals surface area contributed by atoms with E-state index in [1.54, 1.807) is 7.11 Å². The highest BCUT2D eigenvalue weighted by Gasteiger charge is 2.39. The van der Waals surface area contributed by atoms with Gasteiger partial charge in [0.05, 0.1) is 12.0 Å². The highest BCUT2D eigenvalue weighted by Crippen LogP contribution is 2.31. The van der Waals surface area contributed by atoms with E-state index in [0.29, 0.717) is 25.7 Å². The summed E-state index contributed by atoms with van der Waals surface area (Å²) in [7, 11) is 1.68. The quantitative estimate of drug-likeness (QED) is 0.739. The Morgan fingerprint density at radius 2 is 2.16 bits per heavy atom. The van der Waals surface area contributed by atoms with Crippen LogP contribution in [-0.2, 0) is 9.53 Å². The van der Waals surface area contributed by atoms with Gasteiger partial charge in [0, 0.05) is 32.0 Å². The maximum Gasteiger partial charge on any atom is 0.230 e. The summed E-state index contributed by atoms with van der Waals surface area (Å²) < 4.78 is 5.16. The molecule has 0 aromatic rings. The van der Waals surface area contributed by atoms with E-state index in [-0.39, 0.29) is 11.3 Å². The van der Waals surface area contributed by atoms with Gasteiger partial charge in [0.15, 0.2) is 0 Å². The lowest BCUT2D eigenvalue weighted by atomic mass is 9.80. The van der Waals surface area contributed by atoms with E-state index in [4.69, 9.17) is 10.5 Å². The maximum atomic E-state index is 12.9. The standard InChI is InChI=1S/C14H28N2O2S/c1-4-14(5-2,11-15)13(17)16(7-8-18-3)12-6-9-19-10-12/h12H,4-11,15H2,1-3H3. The number of carbonyl (C=O) groups is 1. The van der Waals surface area contributed by atoms with E-state index in [2.05, 4.69) is 13.8 Å². The van der Waals surface area contributed by atoms with Crippen LogP contribution in [0.5, 0.6) is 0 Å². The largest absolute Gasteiger partial charge is 0.383 e. The maximum absolute atomic E-state index is 12.9. The molecule has 1 unspecified atom stereocenters. The van der Waals surface area contributed by atoms with Gasteiger partial charge in [0.2, 0.25) is 5.91 Å². The highest BCUT2D eigenvalue weighted by atomic mass is 32.2. The van der Waals surface area contributed by atoms with Crippen molar-refractivity contribution >= 4 is 17.7 Å². The number of amides is 1. The van der Waals surface area contributed by atoms with Crippen LogP contribution in [0.3, 0.4) is 0 Å². The monoisotopic (exact) mass is 288 g/mol. The van der Waals surface area contributed by atoms with E-state index in [0.717, 1.165) is 30.8 Å². The van der Waals surface area contributed by atoms with Crippen LogP contribution in [0.25, 0.3) is 0 Å². The molecule has 1 fully saturated rings. The number of nitrogens with zero attached hydrogens (tertiary/aromatic N) is 1. The van der Waals surface area contributed by atoms with E-state index in [1.165, 1.54) is 0 Å². The van der Waals surface area contributed by atoms with Gasteiger partial charge in [-0.3, -0.25) is 4.79 Å². The van der Waals surface area contributed by atoms with Crippen molar-refractivity contribution in [3.63, 3.8) is 0 Å². The molecule has 19 heavy (non-hydrogen) atoms. The number of rotatable bonds is 8. The second kappa shape index (κ2) is 8.12. The van der Waals surface area contributed by atoms with Crippen LogP contribution < -0.4 is 5.73 Å². The van der Waals surface area contributed by atoms with Crippen molar-refractivity contribution in [1.82, 2.24) is 4.90 Å². The first kappa shape index (κ1) is 16.8. The van der Waals surface area contributed by atoms with Gasteiger partial charge in [-0.1, -0.05) is 13.8 Å². The molecule has 0 spiro atoms. The molecule has 1 rings (SSSR count). The SMILES string of the molecule is CCC(CC)(CN)C(=O)N(CCOC)C1CCSC1. The molecule has 4 nitrogen and oxygen atoms in total. The number of nitrogens with two attached hydrogens (primary N) is 1. The van der Waals surface area contributed by atoms with Gasteiger partial charge in [0.25, 0.3) is 0 Å². The van der Waals surface area contributed by atoms with Crippen LogP contribution in [0.4, 0.5) is 0 Å². The zero-order chi connectivity index (χ0) is 14.3. The number of ether oxygens (including phenoxy) is 1. The smallest absolute Gasteiger partial charge is 0.230 e. The Bertz CT molecular complexity index is 268. The van der Waals surface area contributed by atoms with Crippen LogP contribution in [0, 0.1) is 5.41 Å². The Balaban J connectivity index is 2.85. The Morgan fingerprint density at radius 1 is 1.47 bits per heavy atom. The van der Waals surface area contributed by atoms with Gasteiger partial charge in [-0.15, -0.1) is 0 Å². The summed E-state index contributed by atoms with van der Waals surface area (Å²) in [5.74, 6) is 2.42. The predicted molar refractivity (Wildman–Crippen MR) is 81.4 cm³/mol. The van der Waals surface area contributed by atoms with Crippen molar-refractivity contribution in [2.75, 3.05) is 38.3 Å². The Labute approximate surface area is 121 Å². The minimum atomic E-state index is -0.388. The number of thioether (sulfide) groups is 1. The molecule has 1 saturated heterocycles. The molecule has 1 heterocycles. The number of methoxy groups -OCH3 is 1. The van der Waals surface area contributed by atoms with Crippen LogP contribution in [0.1, 0.15) is 33.1 Å². The van der Waals surface area contributed by atoms with Crippen LogP contribution >= 0.6 is 11.8 Å². The minimum absolute atomic E-state index is 0.226. The first-order valence-electron chi connectivity index (χ1n) is 7.23. The Morgan fingerprint density at radius 3 is 2.58 bits per heavy atom. The fourth-order valence-electron chi connectivity index (χ4n) is 2.64. The van der Waals surface area contributed by atoms with Gasteiger partial charge in [0.1, 0.15) is 0 Å². The fourth-order valence-corrected chi connectivity index (χ4v) is 3.86. The van der Waals surface area contributed by atoms with Crippen molar-refractivity contribution in [2.45, 2.75) is 39.2 Å². The third kappa shape index (κ3) is 3.86. The van der Waals surface area contributed by atoms with Crippen LogP contribution in [0.2, 0.25) is 0 Å². The molecule has 1 aliphatic rings. The molecule has 0 aromatic heterocycles. The highest BCUT2D eigenvalue weighted by molar-refractivity contribution is 7.99. The summed E-state index contributed by atoms with van der Waals surface area (Å²) in [5.41, 5.74) is 5.52.